The third-order valence-corrected chi connectivity index (χ3v) is 6.56. The lowest BCUT2D eigenvalue weighted by Crippen LogP contribution is -2.54. The van der Waals surface area contributed by atoms with Gasteiger partial charge in [-0.1, -0.05) is 38.1 Å². The van der Waals surface area contributed by atoms with Crippen molar-refractivity contribution in [1.82, 2.24) is 19.8 Å². The van der Waals surface area contributed by atoms with E-state index in [1.807, 2.05) is 70.7 Å². The number of aliphatic imine (C=N–C) groups is 1. The summed E-state index contributed by atoms with van der Waals surface area (Å²) < 4.78 is 5.44. The predicted molar refractivity (Wildman–Crippen MR) is 140 cm³/mol. The third-order valence-electron chi connectivity index (χ3n) is 6.56. The van der Waals surface area contributed by atoms with Gasteiger partial charge in [0.05, 0.1) is 5.41 Å². The molecule has 194 valence electrons. The predicted octanol–water partition coefficient (Wildman–Crippen LogP) is 3.03. The van der Waals surface area contributed by atoms with Crippen LogP contribution in [0.2, 0.25) is 0 Å². The summed E-state index contributed by atoms with van der Waals surface area (Å²) in [5.74, 6) is 0.0332. The average Bonchev–Trinajstić information content (AvgIpc) is 2.83. The van der Waals surface area contributed by atoms with Crippen LogP contribution in [0.1, 0.15) is 47.1 Å². The number of nitrogen functional groups attached to an aromatic ring is 1. The van der Waals surface area contributed by atoms with E-state index in [1.165, 1.54) is 0 Å². The van der Waals surface area contributed by atoms with Gasteiger partial charge in [-0.3, -0.25) is 4.79 Å². The van der Waals surface area contributed by atoms with Crippen molar-refractivity contribution < 1.29 is 14.3 Å². The lowest BCUT2D eigenvalue weighted by Gasteiger charge is -2.36. The zero-order chi connectivity index (χ0) is 26.7. The van der Waals surface area contributed by atoms with E-state index in [0.29, 0.717) is 26.2 Å². The minimum atomic E-state index is -0.876. The molecule has 2 amide bonds. The molecule has 0 saturated carbocycles. The molecule has 3 rings (SSSR count). The first kappa shape index (κ1) is 26.9. The molecule has 10 nitrogen and oxygen atoms in total. The third kappa shape index (κ3) is 6.10. The lowest BCUT2D eigenvalue weighted by molar-refractivity contribution is -0.124. The van der Waals surface area contributed by atoms with E-state index in [9.17, 15) is 9.59 Å². The SMILES string of the molecule is CC(C)C(C)(C(=O)N=C(N)N1CCN(C(=O)OC(C)(C)C)CC1)c1ccc(-c2cnc(N)nc2)cc1. The van der Waals surface area contributed by atoms with Crippen LogP contribution in [0.15, 0.2) is 41.7 Å². The molecule has 1 aliphatic rings. The minimum absolute atomic E-state index is 0.0312. The molecule has 1 unspecified atom stereocenters. The van der Waals surface area contributed by atoms with Gasteiger partial charge in [0.1, 0.15) is 5.60 Å². The number of ether oxygens (including phenoxy) is 1. The Labute approximate surface area is 212 Å². The number of hydrogen-bond donors (Lipinski definition) is 2. The molecule has 0 aliphatic carbocycles. The number of nitrogens with two attached hydrogens (primary N) is 2. The summed E-state index contributed by atoms with van der Waals surface area (Å²) in [6, 6.07) is 7.71. The number of carbonyl (C=O) groups is 2. The van der Waals surface area contributed by atoms with Crippen molar-refractivity contribution in [2.45, 2.75) is 52.6 Å². The fourth-order valence-corrected chi connectivity index (χ4v) is 3.94. The molecule has 36 heavy (non-hydrogen) atoms. The first-order valence-corrected chi connectivity index (χ1v) is 12.1. The van der Waals surface area contributed by atoms with Gasteiger partial charge in [-0.15, -0.1) is 0 Å². The molecule has 10 heteroatoms. The van der Waals surface area contributed by atoms with Gasteiger partial charge in [0, 0.05) is 44.1 Å². The van der Waals surface area contributed by atoms with Gasteiger partial charge < -0.3 is 26.0 Å². The summed E-state index contributed by atoms with van der Waals surface area (Å²) >= 11 is 0. The summed E-state index contributed by atoms with van der Waals surface area (Å²) in [5.41, 5.74) is 13.0. The Morgan fingerprint density at radius 1 is 0.944 bits per heavy atom. The van der Waals surface area contributed by atoms with Gasteiger partial charge in [0.2, 0.25) is 5.95 Å². The van der Waals surface area contributed by atoms with Crippen molar-refractivity contribution in [2.75, 3.05) is 31.9 Å². The average molecular weight is 496 g/mol. The maximum atomic E-state index is 13.5. The van der Waals surface area contributed by atoms with E-state index in [2.05, 4.69) is 15.0 Å². The number of aromatic nitrogens is 2. The highest BCUT2D eigenvalue weighted by molar-refractivity contribution is 5.98. The summed E-state index contributed by atoms with van der Waals surface area (Å²) in [7, 11) is 0. The van der Waals surface area contributed by atoms with Crippen molar-refractivity contribution >= 4 is 23.9 Å². The number of carbonyl (C=O) groups excluding carboxylic acids is 2. The van der Waals surface area contributed by atoms with Gasteiger partial charge in [0.15, 0.2) is 5.96 Å². The Bertz CT molecular complexity index is 1100. The smallest absolute Gasteiger partial charge is 0.410 e. The van der Waals surface area contributed by atoms with Crippen LogP contribution in [-0.2, 0) is 14.9 Å². The molecule has 1 saturated heterocycles. The fraction of sp³-hybridized carbons (Fsp3) is 0.500. The Kier molecular flexibility index (Phi) is 7.86. The van der Waals surface area contributed by atoms with E-state index in [4.69, 9.17) is 16.2 Å². The molecule has 1 aliphatic heterocycles. The molecule has 1 aromatic carbocycles. The number of piperazine rings is 1. The molecule has 0 bridgehead atoms. The highest BCUT2D eigenvalue weighted by atomic mass is 16.6. The van der Waals surface area contributed by atoms with Gasteiger partial charge in [-0.25, -0.2) is 14.8 Å². The highest BCUT2D eigenvalue weighted by Gasteiger charge is 2.39. The standard InChI is InChI=1S/C26H37N7O3/c1-17(2)26(6,20-9-7-18(8-10-20)19-15-29-22(27)30-16-19)21(34)31-23(28)32-11-13-33(14-12-32)24(35)36-25(3,4)5/h7-10,15-17H,11-14H2,1-6H3,(H2,27,29,30)(H2,28,31,34). The number of nitrogens with zero attached hydrogens (tertiary/aromatic N) is 5. The topological polar surface area (TPSA) is 140 Å². The second kappa shape index (κ2) is 10.5. The van der Waals surface area contributed by atoms with Crippen LogP contribution in [0.25, 0.3) is 11.1 Å². The van der Waals surface area contributed by atoms with Crippen LogP contribution in [0.5, 0.6) is 0 Å². The number of rotatable bonds is 4. The van der Waals surface area contributed by atoms with Crippen LogP contribution >= 0.6 is 0 Å². The van der Waals surface area contributed by atoms with Crippen LogP contribution < -0.4 is 11.5 Å². The van der Waals surface area contributed by atoms with Crippen LogP contribution in [0, 0.1) is 5.92 Å². The number of amides is 2. The second-order valence-corrected chi connectivity index (χ2v) is 10.5. The van der Waals surface area contributed by atoms with Crippen molar-refractivity contribution in [3.05, 3.63) is 42.2 Å². The zero-order valence-electron chi connectivity index (χ0n) is 22.0. The molecule has 1 aromatic heterocycles. The zero-order valence-corrected chi connectivity index (χ0v) is 22.0. The van der Waals surface area contributed by atoms with E-state index >= 15 is 0 Å². The van der Waals surface area contributed by atoms with Gasteiger partial charge in [-0.05, 0) is 44.7 Å². The molecule has 0 spiro atoms. The number of guanidine groups is 1. The monoisotopic (exact) mass is 495 g/mol. The lowest BCUT2D eigenvalue weighted by atomic mass is 9.72. The number of hydrogen-bond acceptors (Lipinski definition) is 6. The Morgan fingerprint density at radius 3 is 1.97 bits per heavy atom. The Balaban J connectivity index is 1.73. The second-order valence-electron chi connectivity index (χ2n) is 10.5. The van der Waals surface area contributed by atoms with Crippen LogP contribution in [-0.4, -0.2) is 69.5 Å². The van der Waals surface area contributed by atoms with Gasteiger partial charge >= 0.3 is 6.09 Å². The maximum absolute atomic E-state index is 13.5. The molecule has 2 aromatic rings. The normalized spacial score (nSPS) is 16.6. The Hall–Kier alpha value is -3.69. The molecule has 1 atom stereocenters. The highest BCUT2D eigenvalue weighted by Crippen LogP contribution is 2.35. The summed E-state index contributed by atoms with van der Waals surface area (Å²) in [5, 5.41) is 0. The molecular formula is C26H37N7O3. The quantitative estimate of drug-likeness (QED) is 0.487. The van der Waals surface area contributed by atoms with Crippen molar-refractivity contribution in [2.24, 2.45) is 16.6 Å². The molecule has 1 fully saturated rings. The number of anilines is 1. The first-order valence-electron chi connectivity index (χ1n) is 12.1. The van der Waals surface area contributed by atoms with E-state index in [-0.39, 0.29) is 29.8 Å². The maximum Gasteiger partial charge on any atom is 0.410 e. The number of benzene rings is 1. The van der Waals surface area contributed by atoms with Crippen molar-refractivity contribution in [3.8, 4) is 11.1 Å². The van der Waals surface area contributed by atoms with E-state index in [0.717, 1.165) is 16.7 Å². The van der Waals surface area contributed by atoms with Crippen molar-refractivity contribution in [1.29, 1.82) is 0 Å². The van der Waals surface area contributed by atoms with E-state index < -0.39 is 11.0 Å². The van der Waals surface area contributed by atoms with Crippen LogP contribution in [0.3, 0.4) is 0 Å². The van der Waals surface area contributed by atoms with Gasteiger partial charge in [0.25, 0.3) is 5.91 Å². The van der Waals surface area contributed by atoms with E-state index in [1.54, 1.807) is 17.3 Å². The molecule has 4 N–H and O–H groups in total. The molecule has 2 heterocycles. The minimum Gasteiger partial charge on any atom is -0.444 e. The van der Waals surface area contributed by atoms with Crippen molar-refractivity contribution in [3.63, 3.8) is 0 Å². The molecular weight excluding hydrogens is 458 g/mol. The first-order chi connectivity index (χ1) is 16.8. The van der Waals surface area contributed by atoms with Crippen LogP contribution in [0.4, 0.5) is 10.7 Å². The summed E-state index contributed by atoms with van der Waals surface area (Å²) in [4.78, 5) is 41.6. The Morgan fingerprint density at radius 2 is 1.47 bits per heavy atom. The fourth-order valence-electron chi connectivity index (χ4n) is 3.94. The van der Waals surface area contributed by atoms with Gasteiger partial charge in [-0.2, -0.15) is 4.99 Å². The summed E-state index contributed by atoms with van der Waals surface area (Å²) in [6.45, 7) is 13.2. The largest absolute Gasteiger partial charge is 0.444 e. The molecule has 0 radical (unpaired) electrons. The summed E-state index contributed by atoms with van der Waals surface area (Å²) in [6.07, 6.45) is 2.98.